The van der Waals surface area contributed by atoms with Crippen molar-refractivity contribution >= 4 is 22.2 Å². The van der Waals surface area contributed by atoms with E-state index in [1.165, 1.54) is 32.1 Å². The fourth-order valence-corrected chi connectivity index (χ4v) is 3.85. The van der Waals surface area contributed by atoms with Crippen LogP contribution in [0.25, 0.3) is 4.96 Å². The van der Waals surface area contributed by atoms with Crippen LogP contribution in [0.3, 0.4) is 0 Å². The lowest BCUT2D eigenvalue weighted by atomic mass is 10.1. The summed E-state index contributed by atoms with van der Waals surface area (Å²) in [4.78, 5) is 20.2. The van der Waals surface area contributed by atoms with Gasteiger partial charge in [0.25, 0.3) is 0 Å². The number of thiazole rings is 1. The van der Waals surface area contributed by atoms with E-state index < -0.39 is 0 Å². The second kappa shape index (κ2) is 7.93. The predicted molar refractivity (Wildman–Crippen MR) is 93.8 cm³/mol. The highest BCUT2D eigenvalue weighted by molar-refractivity contribution is 7.15. The minimum Gasteiger partial charge on any atom is -0.348 e. The Kier molecular flexibility index (Phi) is 5.67. The second-order valence-electron chi connectivity index (χ2n) is 6.41. The van der Waals surface area contributed by atoms with Gasteiger partial charge in [-0.05, 0) is 32.9 Å². The number of hydrogen-bond acceptors (Lipinski definition) is 4. The van der Waals surface area contributed by atoms with Crippen LogP contribution in [0.5, 0.6) is 0 Å². The van der Waals surface area contributed by atoms with Gasteiger partial charge < -0.3 is 10.2 Å². The highest BCUT2D eigenvalue weighted by Crippen LogP contribution is 2.17. The van der Waals surface area contributed by atoms with Crippen LogP contribution in [-0.4, -0.2) is 39.8 Å². The molecule has 1 saturated heterocycles. The first-order valence-corrected chi connectivity index (χ1v) is 9.54. The van der Waals surface area contributed by atoms with E-state index in [-0.39, 0.29) is 11.9 Å². The van der Waals surface area contributed by atoms with Crippen molar-refractivity contribution < 1.29 is 4.79 Å². The maximum Gasteiger partial charge on any atom is 0.221 e. The number of carbonyl (C=O) groups excluding carboxylic acids is 1. The Hall–Kier alpha value is -1.40. The summed E-state index contributed by atoms with van der Waals surface area (Å²) in [5, 5.41) is 5.09. The zero-order valence-electron chi connectivity index (χ0n) is 13.8. The molecule has 0 spiro atoms. The van der Waals surface area contributed by atoms with Crippen molar-refractivity contribution in [2.24, 2.45) is 0 Å². The monoisotopic (exact) mass is 334 g/mol. The van der Waals surface area contributed by atoms with Crippen molar-refractivity contribution in [3.63, 3.8) is 0 Å². The van der Waals surface area contributed by atoms with Gasteiger partial charge in [-0.25, -0.2) is 4.98 Å². The van der Waals surface area contributed by atoms with Crippen LogP contribution < -0.4 is 5.32 Å². The molecular weight excluding hydrogens is 308 g/mol. The molecule has 0 bridgehead atoms. The second-order valence-corrected chi connectivity index (χ2v) is 7.28. The van der Waals surface area contributed by atoms with Crippen molar-refractivity contribution in [2.75, 3.05) is 19.6 Å². The van der Waals surface area contributed by atoms with E-state index >= 15 is 0 Å². The van der Waals surface area contributed by atoms with Gasteiger partial charge in [0.05, 0.1) is 11.7 Å². The van der Waals surface area contributed by atoms with Crippen molar-refractivity contribution in [1.82, 2.24) is 19.6 Å². The first-order valence-electron chi connectivity index (χ1n) is 8.66. The topological polar surface area (TPSA) is 49.6 Å². The zero-order valence-corrected chi connectivity index (χ0v) is 14.6. The minimum absolute atomic E-state index is 0.0399. The molecule has 1 amide bonds. The Morgan fingerprint density at radius 2 is 2.04 bits per heavy atom. The van der Waals surface area contributed by atoms with E-state index in [1.807, 2.05) is 29.1 Å². The lowest BCUT2D eigenvalue weighted by molar-refractivity contribution is -0.122. The molecule has 6 heteroatoms. The van der Waals surface area contributed by atoms with Crippen LogP contribution in [0, 0.1) is 0 Å². The van der Waals surface area contributed by atoms with Gasteiger partial charge in [-0.15, -0.1) is 11.3 Å². The molecule has 3 rings (SSSR count). The molecule has 23 heavy (non-hydrogen) atoms. The SMILES string of the molecule is C[C@@H](NC(=O)CCN1CCCCCCC1)c1cn2ccsc2n1. The quantitative estimate of drug-likeness (QED) is 0.913. The van der Waals surface area contributed by atoms with E-state index in [2.05, 4.69) is 15.2 Å². The van der Waals surface area contributed by atoms with Crippen LogP contribution >= 0.6 is 11.3 Å². The molecule has 2 aromatic heterocycles. The first-order chi connectivity index (χ1) is 11.2. The number of imidazole rings is 1. The third-order valence-electron chi connectivity index (χ3n) is 4.54. The maximum atomic E-state index is 12.2. The summed E-state index contributed by atoms with van der Waals surface area (Å²) in [6, 6.07) is -0.0399. The molecule has 0 radical (unpaired) electrons. The number of fused-ring (bicyclic) bond motifs is 1. The predicted octanol–water partition coefficient (Wildman–Crippen LogP) is 3.23. The van der Waals surface area contributed by atoms with Gasteiger partial charge in [-0.3, -0.25) is 9.20 Å². The fourth-order valence-electron chi connectivity index (χ4n) is 3.14. The molecule has 1 aliphatic heterocycles. The summed E-state index contributed by atoms with van der Waals surface area (Å²) >= 11 is 1.61. The van der Waals surface area contributed by atoms with E-state index in [0.717, 1.165) is 30.3 Å². The molecule has 1 aliphatic rings. The van der Waals surface area contributed by atoms with Crippen LogP contribution in [0.15, 0.2) is 17.8 Å². The lowest BCUT2D eigenvalue weighted by Crippen LogP contribution is -2.33. The van der Waals surface area contributed by atoms with E-state index in [1.54, 1.807) is 11.3 Å². The number of carbonyl (C=O) groups is 1. The number of nitrogens with one attached hydrogen (secondary N) is 1. The molecular formula is C17H26N4OS. The summed E-state index contributed by atoms with van der Waals surface area (Å²) in [6.07, 6.45) is 11.1. The van der Waals surface area contributed by atoms with Gasteiger partial charge in [0.2, 0.25) is 5.91 Å². The van der Waals surface area contributed by atoms with Gasteiger partial charge >= 0.3 is 0 Å². The summed E-state index contributed by atoms with van der Waals surface area (Å²) in [5.74, 6) is 0.121. The maximum absolute atomic E-state index is 12.2. The van der Waals surface area contributed by atoms with Gasteiger partial charge in [-0.1, -0.05) is 19.3 Å². The molecule has 0 saturated carbocycles. The lowest BCUT2D eigenvalue weighted by Gasteiger charge is -2.24. The van der Waals surface area contributed by atoms with Crippen LogP contribution in [0.4, 0.5) is 0 Å². The molecule has 2 aromatic rings. The largest absolute Gasteiger partial charge is 0.348 e. The van der Waals surface area contributed by atoms with Crippen molar-refractivity contribution in [3.8, 4) is 0 Å². The van der Waals surface area contributed by atoms with Crippen LogP contribution in [-0.2, 0) is 4.79 Å². The molecule has 0 aromatic carbocycles. The fraction of sp³-hybridized carbons (Fsp3) is 0.647. The summed E-state index contributed by atoms with van der Waals surface area (Å²) in [7, 11) is 0. The Balaban J connectivity index is 1.45. The third kappa shape index (κ3) is 4.54. The van der Waals surface area contributed by atoms with Gasteiger partial charge in [-0.2, -0.15) is 0 Å². The Morgan fingerprint density at radius 3 is 2.78 bits per heavy atom. The summed E-state index contributed by atoms with van der Waals surface area (Å²) < 4.78 is 2.00. The van der Waals surface area contributed by atoms with Gasteiger partial charge in [0.15, 0.2) is 4.96 Å². The molecule has 1 atom stereocenters. The molecule has 1 fully saturated rings. The highest BCUT2D eigenvalue weighted by Gasteiger charge is 2.15. The number of hydrogen-bond donors (Lipinski definition) is 1. The molecule has 0 unspecified atom stereocenters. The molecule has 126 valence electrons. The molecule has 5 nitrogen and oxygen atoms in total. The van der Waals surface area contributed by atoms with E-state index in [4.69, 9.17) is 0 Å². The average molecular weight is 334 g/mol. The minimum atomic E-state index is -0.0399. The molecule has 1 N–H and O–H groups in total. The number of aromatic nitrogens is 2. The standard InChI is InChI=1S/C17H26N4OS/c1-14(15-13-21-11-12-23-17(21)19-15)18-16(22)7-10-20-8-5-3-2-4-6-9-20/h11-14H,2-10H2,1H3,(H,18,22)/t14-/m1/s1. The Bertz CT molecular complexity index is 599. The highest BCUT2D eigenvalue weighted by atomic mass is 32.1. The third-order valence-corrected chi connectivity index (χ3v) is 5.31. The van der Waals surface area contributed by atoms with Crippen molar-refractivity contribution in [2.45, 2.75) is 51.5 Å². The summed E-state index contributed by atoms with van der Waals surface area (Å²) in [5.41, 5.74) is 0.927. The van der Waals surface area contributed by atoms with E-state index in [0.29, 0.717) is 6.42 Å². The number of rotatable bonds is 5. The first kappa shape index (κ1) is 16.5. The van der Waals surface area contributed by atoms with Crippen LogP contribution in [0.1, 0.15) is 57.2 Å². The zero-order chi connectivity index (χ0) is 16.1. The van der Waals surface area contributed by atoms with Gasteiger partial charge in [0, 0.05) is 30.7 Å². The molecule has 3 heterocycles. The smallest absolute Gasteiger partial charge is 0.221 e. The Labute approximate surface area is 141 Å². The average Bonchev–Trinajstić information content (AvgIpc) is 3.07. The van der Waals surface area contributed by atoms with E-state index in [9.17, 15) is 4.79 Å². The summed E-state index contributed by atoms with van der Waals surface area (Å²) in [6.45, 7) is 5.15. The normalized spacial score (nSPS) is 18.5. The van der Waals surface area contributed by atoms with Gasteiger partial charge in [0.1, 0.15) is 0 Å². The van der Waals surface area contributed by atoms with Crippen LogP contribution in [0.2, 0.25) is 0 Å². The van der Waals surface area contributed by atoms with Crippen molar-refractivity contribution in [1.29, 1.82) is 0 Å². The Morgan fingerprint density at radius 1 is 1.30 bits per heavy atom. The number of likely N-dealkylation sites (tertiary alicyclic amines) is 1. The molecule has 0 aliphatic carbocycles. The number of amides is 1. The number of nitrogens with zero attached hydrogens (tertiary/aromatic N) is 3. The van der Waals surface area contributed by atoms with Crippen molar-refractivity contribution in [3.05, 3.63) is 23.5 Å².